The number of aromatic nitrogens is 1. The zero-order valence-electron chi connectivity index (χ0n) is 12.0. The van der Waals surface area contributed by atoms with Crippen molar-refractivity contribution in [1.82, 2.24) is 4.98 Å². The smallest absolute Gasteiger partial charge is 0.340 e. The Morgan fingerprint density at radius 2 is 1.83 bits per heavy atom. The molecule has 0 atom stereocenters. The highest BCUT2D eigenvalue weighted by molar-refractivity contribution is 6.02. The van der Waals surface area contributed by atoms with Crippen LogP contribution in [0.5, 0.6) is 0 Å². The number of non-ortho nitro benzene ring substituents is 1. The van der Waals surface area contributed by atoms with Gasteiger partial charge in [-0.25, -0.2) is 4.79 Å². The Morgan fingerprint density at radius 1 is 1.09 bits per heavy atom. The van der Waals surface area contributed by atoms with Crippen LogP contribution in [0.25, 0.3) is 10.9 Å². The second kappa shape index (κ2) is 6.23. The number of nitro groups is 1. The minimum atomic E-state index is -0.479. The summed E-state index contributed by atoms with van der Waals surface area (Å²) in [6.45, 7) is 0.0417. The molecule has 23 heavy (non-hydrogen) atoms. The molecular weight excluding hydrogens is 296 g/mol. The molecular formula is C17H12N2O4. The molecule has 0 unspecified atom stereocenters. The molecule has 6 nitrogen and oxygen atoms in total. The lowest BCUT2D eigenvalue weighted by Crippen LogP contribution is -2.06. The van der Waals surface area contributed by atoms with Crippen molar-refractivity contribution in [2.45, 2.75) is 6.61 Å². The van der Waals surface area contributed by atoms with Gasteiger partial charge in [0.1, 0.15) is 6.61 Å². The number of hydrogen-bond donors (Lipinski definition) is 0. The van der Waals surface area contributed by atoms with E-state index in [9.17, 15) is 14.9 Å². The number of hydrogen-bond acceptors (Lipinski definition) is 5. The van der Waals surface area contributed by atoms with Crippen LogP contribution in [0.4, 0.5) is 5.69 Å². The van der Waals surface area contributed by atoms with Gasteiger partial charge < -0.3 is 4.74 Å². The molecule has 0 bridgehead atoms. The van der Waals surface area contributed by atoms with Crippen molar-refractivity contribution in [3.05, 3.63) is 82.0 Å². The normalized spacial score (nSPS) is 10.4. The van der Waals surface area contributed by atoms with Crippen molar-refractivity contribution in [2.24, 2.45) is 0 Å². The van der Waals surface area contributed by atoms with Crippen LogP contribution >= 0.6 is 0 Å². The number of benzene rings is 2. The van der Waals surface area contributed by atoms with Gasteiger partial charge in [-0.1, -0.05) is 18.2 Å². The quantitative estimate of drug-likeness (QED) is 0.418. The third-order valence-corrected chi connectivity index (χ3v) is 3.37. The largest absolute Gasteiger partial charge is 0.457 e. The Balaban J connectivity index is 1.75. The van der Waals surface area contributed by atoms with Gasteiger partial charge in [0.15, 0.2) is 0 Å². The fraction of sp³-hybridized carbons (Fsp3) is 0.0588. The summed E-state index contributed by atoms with van der Waals surface area (Å²) in [4.78, 5) is 26.6. The summed E-state index contributed by atoms with van der Waals surface area (Å²) in [6.07, 6.45) is 1.62. The Labute approximate surface area is 131 Å². The Kier molecular flexibility index (Phi) is 3.97. The molecule has 0 saturated heterocycles. The van der Waals surface area contributed by atoms with Gasteiger partial charge >= 0.3 is 5.97 Å². The average molecular weight is 308 g/mol. The summed E-state index contributed by atoms with van der Waals surface area (Å²) >= 11 is 0. The van der Waals surface area contributed by atoms with Gasteiger partial charge in [-0.3, -0.25) is 15.1 Å². The molecule has 1 heterocycles. The molecule has 0 saturated carbocycles. The van der Waals surface area contributed by atoms with E-state index < -0.39 is 10.9 Å². The van der Waals surface area contributed by atoms with E-state index in [1.807, 2.05) is 12.1 Å². The molecule has 3 rings (SSSR count). The summed E-state index contributed by atoms with van der Waals surface area (Å²) in [5, 5.41) is 11.5. The minimum absolute atomic E-state index is 0.00155. The summed E-state index contributed by atoms with van der Waals surface area (Å²) < 4.78 is 5.27. The molecule has 114 valence electrons. The number of esters is 1. The highest BCUT2D eigenvalue weighted by atomic mass is 16.6. The first kappa shape index (κ1) is 14.6. The second-order valence-corrected chi connectivity index (χ2v) is 4.88. The molecule has 0 aliphatic heterocycles. The van der Waals surface area contributed by atoms with Crippen LogP contribution in [0.1, 0.15) is 15.9 Å². The lowest BCUT2D eigenvalue weighted by molar-refractivity contribution is -0.384. The van der Waals surface area contributed by atoms with Gasteiger partial charge in [-0.05, 0) is 29.8 Å². The zero-order chi connectivity index (χ0) is 16.2. The molecule has 0 aliphatic carbocycles. The van der Waals surface area contributed by atoms with E-state index in [0.717, 1.165) is 5.39 Å². The van der Waals surface area contributed by atoms with E-state index in [2.05, 4.69) is 4.98 Å². The molecule has 0 amide bonds. The molecule has 0 fully saturated rings. The van der Waals surface area contributed by atoms with Gasteiger partial charge in [0.25, 0.3) is 5.69 Å². The summed E-state index contributed by atoms with van der Waals surface area (Å²) in [5.74, 6) is -0.479. The summed E-state index contributed by atoms with van der Waals surface area (Å²) in [6, 6.07) is 14.9. The standard InChI is InChI=1S/C17H12N2O4/c20-17(15-5-1-3-13-4-2-10-18-16(13)15)23-11-12-6-8-14(9-7-12)19(21)22/h1-10H,11H2. The van der Waals surface area contributed by atoms with Crippen molar-refractivity contribution in [3.63, 3.8) is 0 Å². The fourth-order valence-corrected chi connectivity index (χ4v) is 2.21. The minimum Gasteiger partial charge on any atom is -0.457 e. The lowest BCUT2D eigenvalue weighted by atomic mass is 10.1. The Morgan fingerprint density at radius 3 is 2.57 bits per heavy atom. The third kappa shape index (κ3) is 3.16. The number of carbonyl (C=O) groups excluding carboxylic acids is 1. The van der Waals surface area contributed by atoms with Crippen LogP contribution in [-0.4, -0.2) is 15.9 Å². The van der Waals surface area contributed by atoms with Crippen molar-refractivity contribution in [1.29, 1.82) is 0 Å². The second-order valence-electron chi connectivity index (χ2n) is 4.88. The number of ether oxygens (including phenoxy) is 1. The summed E-state index contributed by atoms with van der Waals surface area (Å²) in [7, 11) is 0. The third-order valence-electron chi connectivity index (χ3n) is 3.37. The van der Waals surface area contributed by atoms with Crippen LogP contribution < -0.4 is 0 Å². The highest BCUT2D eigenvalue weighted by Gasteiger charge is 2.12. The van der Waals surface area contributed by atoms with Crippen LogP contribution in [0, 0.1) is 10.1 Å². The maximum Gasteiger partial charge on any atom is 0.340 e. The number of nitrogens with zero attached hydrogens (tertiary/aromatic N) is 2. The molecule has 6 heteroatoms. The van der Waals surface area contributed by atoms with E-state index in [1.54, 1.807) is 36.5 Å². The van der Waals surface area contributed by atoms with Gasteiger partial charge in [-0.2, -0.15) is 0 Å². The van der Waals surface area contributed by atoms with Crippen LogP contribution in [-0.2, 0) is 11.3 Å². The van der Waals surface area contributed by atoms with E-state index in [0.29, 0.717) is 16.6 Å². The topological polar surface area (TPSA) is 82.3 Å². The monoisotopic (exact) mass is 308 g/mol. The number of nitro benzene ring substituents is 1. The van der Waals surface area contributed by atoms with Crippen LogP contribution in [0.2, 0.25) is 0 Å². The first-order valence-corrected chi connectivity index (χ1v) is 6.89. The fourth-order valence-electron chi connectivity index (χ4n) is 2.21. The van der Waals surface area contributed by atoms with Crippen molar-refractivity contribution >= 4 is 22.6 Å². The molecule has 0 spiro atoms. The van der Waals surface area contributed by atoms with E-state index >= 15 is 0 Å². The van der Waals surface area contributed by atoms with Gasteiger partial charge in [0.05, 0.1) is 16.0 Å². The van der Waals surface area contributed by atoms with E-state index in [-0.39, 0.29) is 12.3 Å². The lowest BCUT2D eigenvalue weighted by Gasteiger charge is -2.07. The van der Waals surface area contributed by atoms with E-state index in [1.165, 1.54) is 12.1 Å². The van der Waals surface area contributed by atoms with Gasteiger partial charge in [0.2, 0.25) is 0 Å². The van der Waals surface area contributed by atoms with E-state index in [4.69, 9.17) is 4.74 Å². The molecule has 2 aromatic carbocycles. The summed E-state index contributed by atoms with van der Waals surface area (Å²) in [5.41, 5.74) is 1.66. The molecule has 0 radical (unpaired) electrons. The van der Waals surface area contributed by atoms with Crippen molar-refractivity contribution < 1.29 is 14.5 Å². The SMILES string of the molecule is O=C(OCc1ccc([N+](=O)[O-])cc1)c1cccc2cccnc12. The van der Waals surface area contributed by atoms with Crippen LogP contribution in [0.15, 0.2) is 60.8 Å². The first-order valence-electron chi connectivity index (χ1n) is 6.89. The molecule has 3 aromatic rings. The molecule has 0 N–H and O–H groups in total. The van der Waals surface area contributed by atoms with Crippen molar-refractivity contribution in [3.8, 4) is 0 Å². The predicted octanol–water partition coefficient (Wildman–Crippen LogP) is 3.50. The Hall–Kier alpha value is -3.28. The molecule has 0 aliphatic rings. The number of fused-ring (bicyclic) bond motifs is 1. The number of rotatable bonds is 4. The average Bonchev–Trinajstić information content (AvgIpc) is 2.59. The number of pyridine rings is 1. The predicted molar refractivity (Wildman–Crippen MR) is 84.0 cm³/mol. The Bertz CT molecular complexity index is 870. The van der Waals surface area contributed by atoms with Crippen LogP contribution in [0.3, 0.4) is 0 Å². The van der Waals surface area contributed by atoms with Crippen molar-refractivity contribution in [2.75, 3.05) is 0 Å². The number of para-hydroxylation sites is 1. The highest BCUT2D eigenvalue weighted by Crippen LogP contribution is 2.18. The maximum atomic E-state index is 12.2. The number of carbonyl (C=O) groups is 1. The molecule has 1 aromatic heterocycles. The zero-order valence-corrected chi connectivity index (χ0v) is 12.0. The van der Waals surface area contributed by atoms with Gasteiger partial charge in [0, 0.05) is 23.7 Å². The first-order chi connectivity index (χ1) is 11.1. The van der Waals surface area contributed by atoms with Gasteiger partial charge in [-0.15, -0.1) is 0 Å². The maximum absolute atomic E-state index is 12.2.